The quantitative estimate of drug-likeness (QED) is 0.406. The number of rotatable bonds is 9. The Kier molecular flexibility index (Phi) is 14.9. The molecule has 1 aliphatic heterocycles. The lowest BCUT2D eigenvalue weighted by Gasteiger charge is -2.07. The Bertz CT molecular complexity index is 856. The number of nitrogens with one attached hydrogen (secondary N) is 1. The number of ether oxygens (including phenoxy) is 2. The van der Waals surface area contributed by atoms with Gasteiger partial charge >= 0.3 is 0 Å². The molecule has 0 aromatic heterocycles. The fourth-order valence-corrected chi connectivity index (χ4v) is 2.95. The molecule has 1 heterocycles. The second-order valence-corrected chi connectivity index (χ2v) is 8.01. The molecule has 0 spiro atoms. The van der Waals surface area contributed by atoms with E-state index < -0.39 is 0 Å². The van der Waals surface area contributed by atoms with E-state index in [-0.39, 0.29) is 5.78 Å². The summed E-state index contributed by atoms with van der Waals surface area (Å²) < 4.78 is 10.9. The largest absolute Gasteiger partial charge is 0.494 e. The van der Waals surface area contributed by atoms with Gasteiger partial charge in [-0.1, -0.05) is 61.4 Å². The van der Waals surface area contributed by atoms with E-state index in [0.29, 0.717) is 13.0 Å². The molecule has 4 nitrogen and oxygen atoms in total. The summed E-state index contributed by atoms with van der Waals surface area (Å²) in [5.74, 6) is 2.10. The van der Waals surface area contributed by atoms with Crippen molar-refractivity contribution in [1.29, 1.82) is 0 Å². The lowest BCUT2D eigenvalue weighted by Crippen LogP contribution is -2.00. The van der Waals surface area contributed by atoms with Gasteiger partial charge in [0.25, 0.3) is 0 Å². The van der Waals surface area contributed by atoms with Gasteiger partial charge in [0, 0.05) is 6.42 Å². The number of allylic oxidation sites excluding steroid dienone is 2. The maximum Gasteiger partial charge on any atom is 0.129 e. The molecule has 180 valence electrons. The van der Waals surface area contributed by atoms with E-state index in [1.807, 2.05) is 42.6 Å². The van der Waals surface area contributed by atoms with Crippen molar-refractivity contribution in [3.05, 3.63) is 83.7 Å². The smallest absolute Gasteiger partial charge is 0.129 e. The zero-order valence-electron chi connectivity index (χ0n) is 21.0. The minimum absolute atomic E-state index is 0.219. The van der Waals surface area contributed by atoms with E-state index in [0.717, 1.165) is 43.8 Å². The zero-order valence-corrected chi connectivity index (χ0v) is 21.0. The molecule has 0 amide bonds. The van der Waals surface area contributed by atoms with E-state index in [4.69, 9.17) is 9.47 Å². The molecule has 0 aliphatic carbocycles. The third kappa shape index (κ3) is 13.9. The number of dihydropyridines is 1. The summed E-state index contributed by atoms with van der Waals surface area (Å²) >= 11 is 0. The monoisotopic (exact) mass is 451 g/mol. The molecule has 0 atom stereocenters. The van der Waals surface area contributed by atoms with Crippen LogP contribution >= 0.6 is 0 Å². The van der Waals surface area contributed by atoms with Gasteiger partial charge in [0.1, 0.15) is 17.3 Å². The van der Waals surface area contributed by atoms with Crippen molar-refractivity contribution >= 4 is 5.78 Å². The number of benzene rings is 2. The second-order valence-electron chi connectivity index (χ2n) is 8.01. The topological polar surface area (TPSA) is 47.6 Å². The summed E-state index contributed by atoms with van der Waals surface area (Å²) in [6, 6.07) is 15.9. The first-order valence-electron chi connectivity index (χ1n) is 11.9. The predicted octanol–water partition coefficient (Wildman–Crippen LogP) is 7.31. The number of Topliss-reactive ketones (excluding diaryl/α,β-unsaturated/α-hetero) is 1. The number of hydrogen-bond acceptors (Lipinski definition) is 4. The van der Waals surface area contributed by atoms with Crippen LogP contribution in [0.1, 0.15) is 64.0 Å². The van der Waals surface area contributed by atoms with Crippen molar-refractivity contribution in [2.75, 3.05) is 13.2 Å². The Morgan fingerprint density at radius 2 is 1.76 bits per heavy atom. The van der Waals surface area contributed by atoms with Gasteiger partial charge < -0.3 is 19.6 Å². The molecule has 4 heteroatoms. The summed E-state index contributed by atoms with van der Waals surface area (Å²) in [7, 11) is 0. The third-order valence-corrected chi connectivity index (χ3v) is 4.81. The van der Waals surface area contributed by atoms with Crippen LogP contribution in [-0.4, -0.2) is 19.0 Å². The second kappa shape index (κ2) is 17.5. The van der Waals surface area contributed by atoms with Crippen molar-refractivity contribution in [3.63, 3.8) is 0 Å². The van der Waals surface area contributed by atoms with Crippen LogP contribution in [0.3, 0.4) is 0 Å². The summed E-state index contributed by atoms with van der Waals surface area (Å²) in [6.45, 7) is 11.5. The molecule has 1 N–H and O–H groups in total. The van der Waals surface area contributed by atoms with E-state index in [1.165, 1.54) is 16.7 Å². The van der Waals surface area contributed by atoms with Crippen LogP contribution in [0.25, 0.3) is 0 Å². The van der Waals surface area contributed by atoms with Crippen molar-refractivity contribution in [2.24, 2.45) is 0 Å². The van der Waals surface area contributed by atoms with Gasteiger partial charge in [0.15, 0.2) is 0 Å². The fraction of sp³-hybridized carbons (Fsp3) is 0.414. The number of hydrogen-bond donors (Lipinski definition) is 1. The van der Waals surface area contributed by atoms with Crippen LogP contribution in [0.5, 0.6) is 11.5 Å². The van der Waals surface area contributed by atoms with Gasteiger partial charge in [0.05, 0.1) is 13.2 Å². The summed E-state index contributed by atoms with van der Waals surface area (Å²) in [4.78, 5) is 10.6. The molecule has 1 aliphatic rings. The average molecular weight is 452 g/mol. The maximum atomic E-state index is 10.6. The Hall–Kier alpha value is -3.01. The first kappa shape index (κ1) is 28.0. The standard InChI is InChI=1S/C11H14O2.C11H16O.C7H11N/c1-10(12)6-5-9-13-11-7-3-2-4-8-11;1-4-7-12-11-6-5-9(2)8-10(11)3;1-2-7-4-3-5-8-6-7/h2-4,7-8H,5-6,9H2,1H3;5-6,8H,4,7H2,1-3H3;3,5-6,8H,2,4H2,1H3. The summed E-state index contributed by atoms with van der Waals surface area (Å²) in [6.07, 6.45) is 10.9. The SMILES string of the molecule is CC(=O)CCCOc1ccccc1.CCC1=CNC=CC1.CCCOc1ccc(C)cc1C. The van der Waals surface area contributed by atoms with E-state index >= 15 is 0 Å². The number of para-hydroxylation sites is 1. The van der Waals surface area contributed by atoms with Crippen molar-refractivity contribution < 1.29 is 14.3 Å². The van der Waals surface area contributed by atoms with Crippen LogP contribution in [0.15, 0.2) is 72.6 Å². The molecular weight excluding hydrogens is 410 g/mol. The van der Waals surface area contributed by atoms with Gasteiger partial charge in [-0.2, -0.15) is 0 Å². The van der Waals surface area contributed by atoms with Crippen molar-refractivity contribution in [3.8, 4) is 11.5 Å². The number of carbonyl (C=O) groups excluding carboxylic acids is 1. The molecule has 0 saturated heterocycles. The molecule has 0 fully saturated rings. The highest BCUT2D eigenvalue weighted by atomic mass is 16.5. The van der Waals surface area contributed by atoms with Crippen molar-refractivity contribution in [2.45, 2.75) is 66.7 Å². The van der Waals surface area contributed by atoms with Gasteiger partial charge in [-0.05, 0) is 82.6 Å². The average Bonchev–Trinajstić information content (AvgIpc) is 2.83. The van der Waals surface area contributed by atoms with E-state index in [1.54, 1.807) is 6.92 Å². The molecule has 2 aromatic rings. The summed E-state index contributed by atoms with van der Waals surface area (Å²) in [5.41, 5.74) is 3.99. The van der Waals surface area contributed by atoms with Gasteiger partial charge in [-0.25, -0.2) is 0 Å². The van der Waals surface area contributed by atoms with Crippen LogP contribution in [0, 0.1) is 13.8 Å². The molecule has 2 aromatic carbocycles. The Balaban J connectivity index is 0.000000254. The predicted molar refractivity (Wildman–Crippen MR) is 139 cm³/mol. The first-order chi connectivity index (χ1) is 16.0. The molecular formula is C29H41NO3. The zero-order chi connectivity index (χ0) is 24.3. The highest BCUT2D eigenvalue weighted by molar-refractivity contribution is 5.75. The Morgan fingerprint density at radius 1 is 1.00 bits per heavy atom. The number of aryl methyl sites for hydroxylation is 2. The Morgan fingerprint density at radius 3 is 2.30 bits per heavy atom. The number of ketones is 1. The molecule has 3 rings (SSSR count). The lowest BCUT2D eigenvalue weighted by molar-refractivity contribution is -0.117. The van der Waals surface area contributed by atoms with Crippen LogP contribution < -0.4 is 14.8 Å². The Labute approximate surface area is 200 Å². The van der Waals surface area contributed by atoms with Crippen molar-refractivity contribution in [1.82, 2.24) is 5.32 Å². The highest BCUT2D eigenvalue weighted by Crippen LogP contribution is 2.18. The normalized spacial score (nSPS) is 11.6. The van der Waals surface area contributed by atoms with Gasteiger partial charge in [-0.15, -0.1) is 0 Å². The third-order valence-electron chi connectivity index (χ3n) is 4.81. The minimum atomic E-state index is 0.219. The van der Waals surface area contributed by atoms with Gasteiger partial charge in [-0.3, -0.25) is 0 Å². The molecule has 0 radical (unpaired) electrons. The van der Waals surface area contributed by atoms with Crippen LogP contribution in [0.2, 0.25) is 0 Å². The maximum absolute atomic E-state index is 10.6. The van der Waals surface area contributed by atoms with E-state index in [9.17, 15) is 4.79 Å². The number of carbonyl (C=O) groups is 1. The lowest BCUT2D eigenvalue weighted by atomic mass is 10.1. The molecule has 33 heavy (non-hydrogen) atoms. The summed E-state index contributed by atoms with van der Waals surface area (Å²) in [5, 5.41) is 3.04. The van der Waals surface area contributed by atoms with E-state index in [2.05, 4.69) is 57.4 Å². The highest BCUT2D eigenvalue weighted by Gasteiger charge is 1.97. The van der Waals surface area contributed by atoms with Gasteiger partial charge in [0.2, 0.25) is 0 Å². The molecule has 0 bridgehead atoms. The molecule has 0 unspecified atom stereocenters. The minimum Gasteiger partial charge on any atom is -0.494 e. The molecule has 0 saturated carbocycles. The van der Waals surface area contributed by atoms with Crippen LogP contribution in [0.4, 0.5) is 0 Å². The fourth-order valence-electron chi connectivity index (χ4n) is 2.95. The van der Waals surface area contributed by atoms with Crippen LogP contribution in [-0.2, 0) is 4.79 Å². The first-order valence-corrected chi connectivity index (χ1v) is 11.9.